The van der Waals surface area contributed by atoms with E-state index in [4.69, 9.17) is 26.8 Å². The largest absolute Gasteiger partial charge is 0.496 e. The Labute approximate surface area is 157 Å². The molecule has 0 aromatic heterocycles. The van der Waals surface area contributed by atoms with Crippen LogP contribution in [-0.2, 0) is 15.7 Å². The van der Waals surface area contributed by atoms with Gasteiger partial charge in [-0.05, 0) is 30.3 Å². The summed E-state index contributed by atoms with van der Waals surface area (Å²) in [5.74, 6) is -1.50. The van der Waals surface area contributed by atoms with Gasteiger partial charge in [0.05, 0.1) is 23.4 Å². The van der Waals surface area contributed by atoms with Crippen LogP contribution < -0.4 is 15.8 Å². The molecule has 0 radical (unpaired) electrons. The topological polar surface area (TPSA) is 90.7 Å². The number of ether oxygens (including phenoxy) is 2. The van der Waals surface area contributed by atoms with Crippen molar-refractivity contribution >= 4 is 34.9 Å². The summed E-state index contributed by atoms with van der Waals surface area (Å²) in [5, 5.41) is 2.42. The maximum Gasteiger partial charge on any atom is 0.416 e. The van der Waals surface area contributed by atoms with E-state index in [9.17, 15) is 22.8 Å². The van der Waals surface area contributed by atoms with E-state index in [1.54, 1.807) is 0 Å². The Hall–Kier alpha value is -2.94. The van der Waals surface area contributed by atoms with Crippen molar-refractivity contribution in [3.05, 3.63) is 52.5 Å². The van der Waals surface area contributed by atoms with Crippen LogP contribution in [0.3, 0.4) is 0 Å². The van der Waals surface area contributed by atoms with Crippen LogP contribution in [-0.4, -0.2) is 25.6 Å². The van der Waals surface area contributed by atoms with Crippen molar-refractivity contribution in [2.45, 2.75) is 6.18 Å². The Morgan fingerprint density at radius 2 is 1.81 bits per heavy atom. The minimum atomic E-state index is -4.47. The van der Waals surface area contributed by atoms with Crippen molar-refractivity contribution in [1.29, 1.82) is 0 Å². The number of rotatable bonds is 5. The molecule has 0 spiro atoms. The molecule has 2 aromatic rings. The molecule has 0 aliphatic carbocycles. The Bertz CT molecular complexity index is 854. The molecule has 0 aliphatic rings. The number of hydrogen-bond donors (Lipinski definition) is 2. The molecule has 10 heteroatoms. The number of halogens is 4. The molecule has 0 saturated carbocycles. The number of benzene rings is 2. The first-order valence-electron chi connectivity index (χ1n) is 7.39. The van der Waals surface area contributed by atoms with Crippen LogP contribution in [0.5, 0.6) is 5.75 Å². The Morgan fingerprint density at radius 3 is 2.37 bits per heavy atom. The molecule has 2 aromatic carbocycles. The van der Waals surface area contributed by atoms with Gasteiger partial charge in [0, 0.05) is 11.8 Å². The van der Waals surface area contributed by atoms with E-state index in [1.165, 1.54) is 19.2 Å². The molecule has 0 saturated heterocycles. The third-order valence-electron chi connectivity index (χ3n) is 3.37. The minimum Gasteiger partial charge on any atom is -0.496 e. The van der Waals surface area contributed by atoms with Gasteiger partial charge in [-0.1, -0.05) is 11.6 Å². The Morgan fingerprint density at radius 1 is 1.19 bits per heavy atom. The van der Waals surface area contributed by atoms with Gasteiger partial charge in [0.1, 0.15) is 11.3 Å². The molecule has 0 bridgehead atoms. The molecule has 27 heavy (non-hydrogen) atoms. The molecular formula is C17H14ClF3N2O4. The van der Waals surface area contributed by atoms with Crippen LogP contribution in [0.1, 0.15) is 15.9 Å². The molecule has 0 atom stereocenters. The van der Waals surface area contributed by atoms with Crippen LogP contribution in [0, 0.1) is 0 Å². The fourth-order valence-corrected chi connectivity index (χ4v) is 2.21. The summed E-state index contributed by atoms with van der Waals surface area (Å²) in [6.45, 7) is -0.662. The van der Waals surface area contributed by atoms with Gasteiger partial charge in [-0.3, -0.25) is 4.79 Å². The van der Waals surface area contributed by atoms with Gasteiger partial charge in [-0.2, -0.15) is 13.2 Å². The number of esters is 1. The zero-order valence-electron chi connectivity index (χ0n) is 13.9. The van der Waals surface area contributed by atoms with E-state index in [0.29, 0.717) is 0 Å². The molecular weight excluding hydrogens is 389 g/mol. The van der Waals surface area contributed by atoms with Gasteiger partial charge >= 0.3 is 12.1 Å². The standard InChI is InChI=1S/C17H14ClF3N2O4/c1-26-14-7-13(22)12(18)6-11(14)16(25)27-8-15(24)23-10-4-2-9(3-5-10)17(19,20)21/h2-7H,8,22H2,1H3,(H,23,24). The smallest absolute Gasteiger partial charge is 0.416 e. The molecule has 1 amide bonds. The van der Waals surface area contributed by atoms with E-state index in [-0.39, 0.29) is 27.7 Å². The van der Waals surface area contributed by atoms with Crippen molar-refractivity contribution in [1.82, 2.24) is 0 Å². The van der Waals surface area contributed by atoms with E-state index in [1.807, 2.05) is 0 Å². The number of methoxy groups -OCH3 is 1. The van der Waals surface area contributed by atoms with Crippen molar-refractivity contribution in [3.8, 4) is 5.75 Å². The summed E-state index contributed by atoms with van der Waals surface area (Å²) in [6, 6.07) is 6.40. The number of carbonyl (C=O) groups excluding carboxylic acids is 2. The lowest BCUT2D eigenvalue weighted by atomic mass is 10.2. The average Bonchev–Trinajstić information content (AvgIpc) is 2.61. The maximum atomic E-state index is 12.5. The fourth-order valence-electron chi connectivity index (χ4n) is 2.05. The maximum absolute atomic E-state index is 12.5. The molecule has 144 valence electrons. The second kappa shape index (κ2) is 8.17. The van der Waals surface area contributed by atoms with Gasteiger partial charge in [0.25, 0.3) is 5.91 Å². The number of nitrogens with one attached hydrogen (secondary N) is 1. The molecule has 0 unspecified atom stereocenters. The molecule has 0 fully saturated rings. The Kier molecular flexibility index (Phi) is 6.17. The van der Waals surface area contributed by atoms with Crippen LogP contribution in [0.4, 0.5) is 24.5 Å². The average molecular weight is 403 g/mol. The predicted octanol–water partition coefficient (Wildman–Crippen LogP) is 3.75. The van der Waals surface area contributed by atoms with E-state index in [0.717, 1.165) is 24.3 Å². The lowest BCUT2D eigenvalue weighted by Gasteiger charge is -2.11. The Balaban J connectivity index is 1.97. The van der Waals surface area contributed by atoms with Crippen molar-refractivity contribution in [3.63, 3.8) is 0 Å². The summed E-state index contributed by atoms with van der Waals surface area (Å²) >= 11 is 5.85. The first-order chi connectivity index (χ1) is 12.6. The van der Waals surface area contributed by atoms with Crippen LogP contribution in [0.2, 0.25) is 5.02 Å². The van der Waals surface area contributed by atoms with Crippen LogP contribution in [0.15, 0.2) is 36.4 Å². The first-order valence-corrected chi connectivity index (χ1v) is 7.77. The summed E-state index contributed by atoms with van der Waals surface area (Å²) in [4.78, 5) is 23.9. The highest BCUT2D eigenvalue weighted by Gasteiger charge is 2.30. The monoisotopic (exact) mass is 402 g/mol. The second-order valence-electron chi connectivity index (χ2n) is 5.27. The number of nitrogens with two attached hydrogens (primary N) is 1. The third kappa shape index (κ3) is 5.27. The van der Waals surface area contributed by atoms with Crippen LogP contribution >= 0.6 is 11.6 Å². The SMILES string of the molecule is COc1cc(N)c(Cl)cc1C(=O)OCC(=O)Nc1ccc(C(F)(F)F)cc1. The van der Waals surface area contributed by atoms with Gasteiger partial charge in [0.2, 0.25) is 0 Å². The minimum absolute atomic E-state index is 0.0287. The summed E-state index contributed by atoms with van der Waals surface area (Å²) in [5.41, 5.74) is 5.06. The van der Waals surface area contributed by atoms with E-state index < -0.39 is 30.2 Å². The fraction of sp³-hybridized carbons (Fsp3) is 0.176. The number of nitrogen functional groups attached to an aromatic ring is 1. The number of hydrogen-bond acceptors (Lipinski definition) is 5. The molecule has 0 aliphatic heterocycles. The highest BCUT2D eigenvalue weighted by Crippen LogP contribution is 2.30. The van der Waals surface area contributed by atoms with Gasteiger partial charge in [-0.25, -0.2) is 4.79 Å². The van der Waals surface area contributed by atoms with Crippen molar-refractivity contribution < 1.29 is 32.2 Å². The number of anilines is 2. The van der Waals surface area contributed by atoms with E-state index >= 15 is 0 Å². The summed E-state index contributed by atoms with van der Waals surface area (Å²) < 4.78 is 47.4. The number of carbonyl (C=O) groups is 2. The third-order valence-corrected chi connectivity index (χ3v) is 3.70. The molecule has 0 heterocycles. The lowest BCUT2D eigenvalue weighted by molar-refractivity contribution is -0.137. The van der Waals surface area contributed by atoms with Gasteiger partial charge in [0.15, 0.2) is 6.61 Å². The molecule has 3 N–H and O–H groups in total. The summed E-state index contributed by atoms with van der Waals surface area (Å²) in [7, 11) is 1.32. The second-order valence-corrected chi connectivity index (χ2v) is 5.68. The van der Waals surface area contributed by atoms with Crippen LogP contribution in [0.25, 0.3) is 0 Å². The summed E-state index contributed by atoms with van der Waals surface area (Å²) in [6.07, 6.45) is -4.47. The van der Waals surface area contributed by atoms with Gasteiger partial charge in [-0.15, -0.1) is 0 Å². The quantitative estimate of drug-likeness (QED) is 0.587. The zero-order valence-corrected chi connectivity index (χ0v) is 14.6. The number of alkyl halides is 3. The van der Waals surface area contributed by atoms with Gasteiger partial charge < -0.3 is 20.5 Å². The number of amides is 1. The lowest BCUT2D eigenvalue weighted by Crippen LogP contribution is -2.21. The first kappa shape index (κ1) is 20.4. The van der Waals surface area contributed by atoms with Crippen molar-refractivity contribution in [2.24, 2.45) is 0 Å². The highest BCUT2D eigenvalue weighted by molar-refractivity contribution is 6.33. The normalized spacial score (nSPS) is 11.0. The zero-order chi connectivity index (χ0) is 20.2. The highest BCUT2D eigenvalue weighted by atomic mass is 35.5. The molecule has 6 nitrogen and oxygen atoms in total. The van der Waals surface area contributed by atoms with E-state index in [2.05, 4.69) is 5.32 Å². The predicted molar refractivity (Wildman–Crippen MR) is 92.8 cm³/mol. The van der Waals surface area contributed by atoms with Crippen molar-refractivity contribution in [2.75, 3.05) is 24.8 Å². The molecule has 2 rings (SSSR count).